The van der Waals surface area contributed by atoms with E-state index >= 15 is 0 Å². The summed E-state index contributed by atoms with van der Waals surface area (Å²) in [7, 11) is 0. The molecule has 0 aliphatic carbocycles. The van der Waals surface area contributed by atoms with Gasteiger partial charge in [0.1, 0.15) is 18.0 Å². The largest absolute Gasteiger partial charge is 0.356 e. The highest BCUT2D eigenvalue weighted by Gasteiger charge is 2.15. The van der Waals surface area contributed by atoms with Crippen molar-refractivity contribution in [2.45, 2.75) is 38.5 Å². The topological polar surface area (TPSA) is 70.1 Å². The van der Waals surface area contributed by atoms with Crippen molar-refractivity contribution < 1.29 is 0 Å². The molecular weight excluding hydrogens is 386 g/mol. The molecule has 1 N–H and O–H groups in total. The van der Waals surface area contributed by atoms with Crippen molar-refractivity contribution in [1.29, 1.82) is 0 Å². The van der Waals surface area contributed by atoms with E-state index in [9.17, 15) is 0 Å². The molecule has 0 atom stereocenters. The van der Waals surface area contributed by atoms with Gasteiger partial charge in [0.15, 0.2) is 5.82 Å². The summed E-state index contributed by atoms with van der Waals surface area (Å²) in [5, 5.41) is 12.5. The molecule has 2 aromatic heterocycles. The van der Waals surface area contributed by atoms with E-state index in [4.69, 9.17) is 0 Å². The third-order valence-corrected chi connectivity index (χ3v) is 6.09. The first-order valence-electron chi connectivity index (χ1n) is 11.4. The van der Waals surface area contributed by atoms with E-state index in [2.05, 4.69) is 59.5 Å². The van der Waals surface area contributed by atoms with Crippen LogP contribution in [0.15, 0.2) is 48.8 Å². The maximum atomic E-state index is 4.52. The molecule has 0 spiro atoms. The minimum Gasteiger partial charge on any atom is -0.356 e. The van der Waals surface area contributed by atoms with E-state index in [1.54, 1.807) is 6.33 Å². The second-order valence-electron chi connectivity index (χ2n) is 8.34. The SMILES string of the molecule is c1cc(Nc2cc(N3CCCC3)ncn2)cc(-c2ccc(N3CCCCCC3)nn2)c1. The molecule has 0 saturated carbocycles. The normalized spacial score (nSPS) is 16.9. The Morgan fingerprint density at radius 1 is 0.677 bits per heavy atom. The van der Waals surface area contributed by atoms with Crippen LogP contribution in [-0.4, -0.2) is 46.3 Å². The van der Waals surface area contributed by atoms with Gasteiger partial charge in [-0.2, -0.15) is 0 Å². The molecule has 0 amide bonds. The average molecular weight is 416 g/mol. The first-order chi connectivity index (χ1) is 15.3. The van der Waals surface area contributed by atoms with Gasteiger partial charge >= 0.3 is 0 Å². The number of rotatable bonds is 5. The standard InChI is InChI=1S/C24H29N7/c1-2-4-13-30(12-3-1)23-11-10-21(28-29-23)19-8-7-9-20(16-19)27-22-17-24(26-18-25-22)31-14-5-6-15-31/h7-11,16-18H,1-6,12-15H2,(H,25,26,27). The lowest BCUT2D eigenvalue weighted by molar-refractivity contribution is 0.726. The van der Waals surface area contributed by atoms with Gasteiger partial charge < -0.3 is 15.1 Å². The zero-order valence-electron chi connectivity index (χ0n) is 17.9. The molecule has 4 heterocycles. The number of hydrogen-bond donors (Lipinski definition) is 1. The smallest absolute Gasteiger partial charge is 0.151 e. The summed E-state index contributed by atoms with van der Waals surface area (Å²) >= 11 is 0. The summed E-state index contributed by atoms with van der Waals surface area (Å²) in [5.41, 5.74) is 2.89. The van der Waals surface area contributed by atoms with Gasteiger partial charge in [-0.15, -0.1) is 10.2 Å². The van der Waals surface area contributed by atoms with Crippen LogP contribution in [0.25, 0.3) is 11.3 Å². The van der Waals surface area contributed by atoms with E-state index in [-0.39, 0.29) is 0 Å². The van der Waals surface area contributed by atoms with Crippen molar-refractivity contribution in [3.05, 3.63) is 48.8 Å². The van der Waals surface area contributed by atoms with Gasteiger partial charge in [0.25, 0.3) is 0 Å². The molecule has 2 aliphatic rings. The fourth-order valence-corrected chi connectivity index (χ4v) is 4.39. The third-order valence-electron chi connectivity index (χ3n) is 6.09. The predicted molar refractivity (Wildman–Crippen MR) is 125 cm³/mol. The maximum Gasteiger partial charge on any atom is 0.151 e. The summed E-state index contributed by atoms with van der Waals surface area (Å²) in [6.07, 6.45) is 9.19. The predicted octanol–water partition coefficient (Wildman–Crippen LogP) is 4.66. The van der Waals surface area contributed by atoms with Gasteiger partial charge in [-0.25, -0.2) is 9.97 Å². The molecule has 7 heteroatoms. The second-order valence-corrected chi connectivity index (χ2v) is 8.34. The second kappa shape index (κ2) is 9.29. The Hall–Kier alpha value is -3.22. The van der Waals surface area contributed by atoms with Crippen molar-refractivity contribution in [2.24, 2.45) is 0 Å². The maximum absolute atomic E-state index is 4.52. The molecule has 0 radical (unpaired) electrons. The zero-order valence-corrected chi connectivity index (χ0v) is 17.9. The highest BCUT2D eigenvalue weighted by Crippen LogP contribution is 2.26. The Labute approximate surface area is 183 Å². The molecular formula is C24H29N7. The van der Waals surface area contributed by atoms with Crippen LogP contribution in [0.1, 0.15) is 38.5 Å². The van der Waals surface area contributed by atoms with Gasteiger partial charge in [-0.05, 0) is 49.9 Å². The molecule has 7 nitrogen and oxygen atoms in total. The molecule has 160 valence electrons. The highest BCUT2D eigenvalue weighted by molar-refractivity contribution is 5.68. The zero-order chi connectivity index (χ0) is 20.9. The van der Waals surface area contributed by atoms with Crippen molar-refractivity contribution in [3.8, 4) is 11.3 Å². The molecule has 2 saturated heterocycles. The fraction of sp³-hybridized carbons (Fsp3) is 0.417. The molecule has 0 bridgehead atoms. The van der Waals surface area contributed by atoms with Crippen LogP contribution in [-0.2, 0) is 0 Å². The van der Waals surface area contributed by atoms with E-state index < -0.39 is 0 Å². The Bertz CT molecular complexity index is 991. The number of hydrogen-bond acceptors (Lipinski definition) is 7. The van der Waals surface area contributed by atoms with Crippen molar-refractivity contribution in [3.63, 3.8) is 0 Å². The van der Waals surface area contributed by atoms with E-state index in [0.29, 0.717) is 0 Å². The lowest BCUT2D eigenvalue weighted by Gasteiger charge is -2.20. The van der Waals surface area contributed by atoms with E-state index in [1.807, 2.05) is 18.2 Å². The number of aromatic nitrogens is 4. The Morgan fingerprint density at radius 3 is 2.16 bits per heavy atom. The molecule has 5 rings (SSSR count). The van der Waals surface area contributed by atoms with Crippen LogP contribution in [0, 0.1) is 0 Å². The Morgan fingerprint density at radius 2 is 1.42 bits per heavy atom. The van der Waals surface area contributed by atoms with Gasteiger partial charge in [0.2, 0.25) is 0 Å². The van der Waals surface area contributed by atoms with Gasteiger partial charge in [-0.3, -0.25) is 0 Å². The summed E-state index contributed by atoms with van der Waals surface area (Å²) < 4.78 is 0. The summed E-state index contributed by atoms with van der Waals surface area (Å²) in [5.74, 6) is 2.77. The van der Waals surface area contributed by atoms with Crippen LogP contribution in [0.4, 0.5) is 23.1 Å². The van der Waals surface area contributed by atoms with E-state index in [1.165, 1.54) is 38.5 Å². The Balaban J connectivity index is 1.30. The van der Waals surface area contributed by atoms with Crippen LogP contribution in [0.3, 0.4) is 0 Å². The van der Waals surface area contributed by atoms with Gasteiger partial charge in [-0.1, -0.05) is 25.0 Å². The van der Waals surface area contributed by atoms with Crippen LogP contribution in [0.5, 0.6) is 0 Å². The summed E-state index contributed by atoms with van der Waals surface area (Å²) in [4.78, 5) is 13.5. The summed E-state index contributed by atoms with van der Waals surface area (Å²) in [6, 6.07) is 14.4. The number of benzene rings is 1. The lowest BCUT2D eigenvalue weighted by atomic mass is 10.1. The third kappa shape index (κ3) is 4.76. The Kier molecular flexibility index (Phi) is 5.91. The first kappa shape index (κ1) is 19.7. The quantitative estimate of drug-likeness (QED) is 0.650. The molecule has 3 aromatic rings. The minimum absolute atomic E-state index is 0.802. The van der Waals surface area contributed by atoms with Crippen LogP contribution in [0.2, 0.25) is 0 Å². The molecule has 31 heavy (non-hydrogen) atoms. The van der Waals surface area contributed by atoms with Crippen molar-refractivity contribution in [1.82, 2.24) is 20.2 Å². The molecule has 1 aromatic carbocycles. The monoisotopic (exact) mass is 415 g/mol. The number of nitrogens with zero attached hydrogens (tertiary/aromatic N) is 6. The first-order valence-corrected chi connectivity index (χ1v) is 11.4. The highest BCUT2D eigenvalue weighted by atomic mass is 15.3. The molecule has 2 fully saturated rings. The van der Waals surface area contributed by atoms with Gasteiger partial charge in [0, 0.05) is 43.5 Å². The minimum atomic E-state index is 0.802. The van der Waals surface area contributed by atoms with E-state index in [0.717, 1.165) is 60.6 Å². The lowest BCUT2D eigenvalue weighted by Crippen LogP contribution is -2.25. The van der Waals surface area contributed by atoms with Crippen molar-refractivity contribution >= 4 is 23.1 Å². The fourth-order valence-electron chi connectivity index (χ4n) is 4.39. The number of nitrogens with one attached hydrogen (secondary N) is 1. The number of anilines is 4. The van der Waals surface area contributed by atoms with Crippen molar-refractivity contribution in [2.75, 3.05) is 41.3 Å². The molecule has 2 aliphatic heterocycles. The molecule has 0 unspecified atom stereocenters. The van der Waals surface area contributed by atoms with Crippen LogP contribution < -0.4 is 15.1 Å². The van der Waals surface area contributed by atoms with Crippen LogP contribution >= 0.6 is 0 Å². The van der Waals surface area contributed by atoms with Gasteiger partial charge in [0.05, 0.1) is 5.69 Å². The summed E-state index contributed by atoms with van der Waals surface area (Å²) in [6.45, 7) is 4.29. The average Bonchev–Trinajstić information content (AvgIpc) is 3.22.